The number of benzene rings is 1. The van der Waals surface area contributed by atoms with Crippen molar-refractivity contribution in [2.75, 3.05) is 34.4 Å². The van der Waals surface area contributed by atoms with Crippen LogP contribution in [-0.2, 0) is 9.84 Å². The van der Waals surface area contributed by atoms with Crippen LogP contribution in [0.3, 0.4) is 0 Å². The fourth-order valence-corrected chi connectivity index (χ4v) is 5.25. The van der Waals surface area contributed by atoms with Crippen molar-refractivity contribution < 1.29 is 13.3 Å². The fourth-order valence-electron chi connectivity index (χ4n) is 2.26. The predicted molar refractivity (Wildman–Crippen MR) is 85.4 cm³/mol. The van der Waals surface area contributed by atoms with Crippen LogP contribution in [0.15, 0.2) is 18.2 Å². The van der Waals surface area contributed by atoms with Gasteiger partial charge in [-0.05, 0) is 6.07 Å². The van der Waals surface area contributed by atoms with Crippen LogP contribution in [0.25, 0.3) is 0 Å². The Balaban J connectivity index is 2.45. The Morgan fingerprint density at radius 1 is 1.48 bits per heavy atom. The number of hydrogen-bond donors (Lipinski definition) is 1. The number of nitrogens with two attached hydrogens (primary N) is 1. The van der Waals surface area contributed by atoms with Gasteiger partial charge in [0.05, 0.1) is 4.92 Å². The molecule has 116 valence electrons. The summed E-state index contributed by atoms with van der Waals surface area (Å²) in [5, 5.41) is 10.3. The maximum atomic E-state index is 12.2. The molecule has 9 heteroatoms. The van der Waals surface area contributed by atoms with E-state index in [1.807, 2.05) is 0 Å². The minimum Gasteiger partial charge on any atom is -0.398 e. The van der Waals surface area contributed by atoms with E-state index < -0.39 is 20.1 Å². The molecule has 0 spiro atoms. The molecule has 1 fully saturated rings. The van der Waals surface area contributed by atoms with Gasteiger partial charge in [0.15, 0.2) is 9.84 Å². The normalized spacial score (nSPS) is 19.5. The van der Waals surface area contributed by atoms with Crippen molar-refractivity contribution in [3.8, 4) is 0 Å². The molecule has 1 aromatic rings. The van der Waals surface area contributed by atoms with E-state index >= 15 is 0 Å². The molecule has 1 aromatic carbocycles. The van der Waals surface area contributed by atoms with Crippen molar-refractivity contribution in [2.45, 2.75) is 12.3 Å². The van der Waals surface area contributed by atoms with E-state index in [4.69, 9.17) is 5.73 Å². The van der Waals surface area contributed by atoms with Crippen molar-refractivity contribution in [3.63, 3.8) is 0 Å². The first-order valence-corrected chi connectivity index (χ1v) is 9.33. The highest BCUT2D eigenvalue weighted by atomic mass is 32.2. The van der Waals surface area contributed by atoms with Crippen LogP contribution in [-0.4, -0.2) is 42.5 Å². The highest BCUT2D eigenvalue weighted by molar-refractivity contribution is 8.01. The molecule has 7 nitrogen and oxygen atoms in total. The van der Waals surface area contributed by atoms with Crippen molar-refractivity contribution in [2.24, 2.45) is 0 Å². The molecule has 1 saturated heterocycles. The molecule has 0 aromatic heterocycles. The highest BCUT2D eigenvalue weighted by Gasteiger charge is 2.33. The molecule has 21 heavy (non-hydrogen) atoms. The quantitative estimate of drug-likeness (QED) is 0.506. The van der Waals surface area contributed by atoms with Crippen LogP contribution >= 0.6 is 11.8 Å². The second-order valence-corrected chi connectivity index (χ2v) is 8.31. The van der Waals surface area contributed by atoms with Crippen molar-refractivity contribution in [1.82, 2.24) is 0 Å². The topological polar surface area (TPSA) is 107 Å². The highest BCUT2D eigenvalue weighted by Crippen LogP contribution is 2.31. The summed E-state index contributed by atoms with van der Waals surface area (Å²) >= 11 is 1.57. The Labute approximate surface area is 127 Å². The van der Waals surface area contributed by atoms with Gasteiger partial charge in [0, 0.05) is 47.3 Å². The molecular formula is C12H17N3O4S2. The Hall–Kier alpha value is -1.48. The number of non-ortho nitro benzene ring substituents is 1. The van der Waals surface area contributed by atoms with Crippen molar-refractivity contribution in [3.05, 3.63) is 28.3 Å². The van der Waals surface area contributed by atoms with E-state index in [-0.39, 0.29) is 17.1 Å². The molecule has 1 heterocycles. The molecule has 2 rings (SSSR count). The molecular weight excluding hydrogens is 314 g/mol. The van der Waals surface area contributed by atoms with E-state index in [1.165, 1.54) is 12.1 Å². The summed E-state index contributed by atoms with van der Waals surface area (Å²) in [7, 11) is -3.27. The molecule has 0 aliphatic carbocycles. The molecule has 1 unspecified atom stereocenters. The Bertz CT molecular complexity index is 648. The van der Waals surface area contributed by atoms with Gasteiger partial charge >= 0.3 is 0 Å². The second kappa shape index (κ2) is 6.10. The lowest BCUT2D eigenvalue weighted by atomic mass is 10.2. The largest absolute Gasteiger partial charge is 0.398 e. The second-order valence-electron chi connectivity index (χ2n) is 4.71. The van der Waals surface area contributed by atoms with E-state index in [2.05, 4.69) is 0 Å². The minimum absolute atomic E-state index is 0.0408. The number of thioether (sulfide) groups is 1. The summed E-state index contributed by atoms with van der Waals surface area (Å²) in [6.45, 7) is 2.13. The number of nitrogen functional groups attached to an aromatic ring is 1. The van der Waals surface area contributed by atoms with Gasteiger partial charge in [-0.25, -0.2) is 8.42 Å². The van der Waals surface area contributed by atoms with Gasteiger partial charge in [-0.1, -0.05) is 6.92 Å². The number of anilines is 2. The third-order valence-corrected chi connectivity index (χ3v) is 6.66. The van der Waals surface area contributed by atoms with Gasteiger partial charge in [-0.15, -0.1) is 0 Å². The first-order chi connectivity index (χ1) is 9.85. The molecule has 0 amide bonds. The third-order valence-electron chi connectivity index (χ3n) is 3.37. The fraction of sp³-hybridized carbons (Fsp3) is 0.500. The summed E-state index contributed by atoms with van der Waals surface area (Å²) in [6, 6.07) is 4.23. The van der Waals surface area contributed by atoms with Crippen molar-refractivity contribution in [1.29, 1.82) is 0 Å². The van der Waals surface area contributed by atoms with Crippen LogP contribution in [0.1, 0.15) is 6.92 Å². The molecule has 1 atom stereocenters. The smallest absolute Gasteiger partial charge is 0.273 e. The maximum absolute atomic E-state index is 12.2. The first kappa shape index (κ1) is 15.9. The number of nitro benzene ring substituents is 1. The summed E-state index contributed by atoms with van der Waals surface area (Å²) in [4.78, 5) is 12.1. The lowest BCUT2D eigenvalue weighted by molar-refractivity contribution is -0.384. The molecule has 1 aliphatic rings. The maximum Gasteiger partial charge on any atom is 0.273 e. The molecule has 0 saturated carbocycles. The molecule has 0 bridgehead atoms. The van der Waals surface area contributed by atoms with Gasteiger partial charge in [-0.2, -0.15) is 11.8 Å². The third kappa shape index (κ3) is 3.41. The van der Waals surface area contributed by atoms with Gasteiger partial charge in [0.1, 0.15) is 5.37 Å². The van der Waals surface area contributed by atoms with Crippen LogP contribution in [0.4, 0.5) is 17.1 Å². The summed E-state index contributed by atoms with van der Waals surface area (Å²) in [5.41, 5.74) is 6.32. The Kier molecular flexibility index (Phi) is 4.62. The van der Waals surface area contributed by atoms with Crippen molar-refractivity contribution >= 4 is 38.7 Å². The van der Waals surface area contributed by atoms with Crippen LogP contribution in [0.2, 0.25) is 0 Å². The average molecular weight is 331 g/mol. The van der Waals surface area contributed by atoms with Crippen LogP contribution in [0, 0.1) is 10.1 Å². The zero-order chi connectivity index (χ0) is 15.6. The molecule has 2 N–H and O–H groups in total. The Morgan fingerprint density at radius 2 is 2.19 bits per heavy atom. The predicted octanol–water partition coefficient (Wildman–Crippen LogP) is 1.49. The van der Waals surface area contributed by atoms with E-state index in [0.29, 0.717) is 18.0 Å². The lowest BCUT2D eigenvalue weighted by Gasteiger charge is -2.36. The van der Waals surface area contributed by atoms with Crippen LogP contribution in [0.5, 0.6) is 0 Å². The standard InChI is InChI=1S/C12H17N3O4S2/c1-2-21(18,19)12-8-20-4-3-14(12)10-5-9(13)6-11(7-10)15(16)17/h5-7,12H,2-4,8,13H2,1H3. The number of hydrogen-bond acceptors (Lipinski definition) is 7. The number of nitro groups is 1. The monoisotopic (exact) mass is 331 g/mol. The van der Waals surface area contributed by atoms with Gasteiger partial charge in [0.25, 0.3) is 5.69 Å². The van der Waals surface area contributed by atoms with E-state index in [0.717, 1.165) is 5.75 Å². The van der Waals surface area contributed by atoms with Crippen LogP contribution < -0.4 is 10.6 Å². The lowest BCUT2D eigenvalue weighted by Crippen LogP contribution is -2.48. The van der Waals surface area contributed by atoms with E-state index in [1.54, 1.807) is 29.7 Å². The number of nitrogens with zero attached hydrogens (tertiary/aromatic N) is 2. The minimum atomic E-state index is -3.27. The SMILES string of the molecule is CCS(=O)(=O)C1CSCCN1c1cc(N)cc([N+](=O)[O-])c1. The zero-order valence-corrected chi connectivity index (χ0v) is 13.2. The molecule has 1 aliphatic heterocycles. The summed E-state index contributed by atoms with van der Waals surface area (Å²) < 4.78 is 24.4. The summed E-state index contributed by atoms with van der Waals surface area (Å²) in [6.07, 6.45) is 0. The molecule has 0 radical (unpaired) electrons. The first-order valence-electron chi connectivity index (χ1n) is 6.46. The number of rotatable bonds is 4. The zero-order valence-electron chi connectivity index (χ0n) is 11.6. The average Bonchev–Trinajstić information content (AvgIpc) is 2.46. The van der Waals surface area contributed by atoms with Gasteiger partial charge in [-0.3, -0.25) is 10.1 Å². The van der Waals surface area contributed by atoms with E-state index in [9.17, 15) is 18.5 Å². The Morgan fingerprint density at radius 3 is 2.81 bits per heavy atom. The number of sulfone groups is 1. The van der Waals surface area contributed by atoms with Gasteiger partial charge < -0.3 is 10.6 Å². The van der Waals surface area contributed by atoms with Gasteiger partial charge in [0.2, 0.25) is 0 Å². The summed E-state index contributed by atoms with van der Waals surface area (Å²) in [5.74, 6) is 1.27.